The van der Waals surface area contributed by atoms with Gasteiger partial charge in [-0.25, -0.2) is 9.78 Å². The molecule has 0 saturated carbocycles. The number of ether oxygens (including phenoxy) is 1. The van der Waals surface area contributed by atoms with Crippen molar-refractivity contribution in [3.63, 3.8) is 0 Å². The number of fused-ring (bicyclic) bond motifs is 1. The lowest BCUT2D eigenvalue weighted by Crippen LogP contribution is -2.12. The Morgan fingerprint density at radius 1 is 1.26 bits per heavy atom. The molecule has 0 aliphatic rings. The molecule has 1 aromatic heterocycles. The van der Waals surface area contributed by atoms with E-state index in [9.17, 15) is 4.79 Å². The van der Waals surface area contributed by atoms with Crippen LogP contribution in [-0.4, -0.2) is 23.3 Å². The number of pyridine rings is 1. The molecule has 0 unspecified atom stereocenters. The Morgan fingerprint density at radius 3 is 2.52 bits per heavy atom. The molecular weight excluding hydrogens is 306 g/mol. The number of hydrogen-bond donors (Lipinski definition) is 0. The third kappa shape index (κ3) is 3.69. The molecule has 0 fully saturated rings. The summed E-state index contributed by atoms with van der Waals surface area (Å²) in [5, 5.41) is 1.78. The summed E-state index contributed by atoms with van der Waals surface area (Å²) in [5.41, 5.74) is 3.81. The first-order valence-electron chi connectivity index (χ1n) is 8.04. The predicted molar refractivity (Wildman–Crippen MR) is 97.5 cm³/mol. The molecule has 23 heavy (non-hydrogen) atoms. The number of esters is 1. The number of thioether (sulfide) groups is 1. The monoisotopic (exact) mass is 331 g/mol. The zero-order valence-electron chi connectivity index (χ0n) is 14.8. The zero-order chi connectivity index (χ0) is 17.2. The molecule has 0 amide bonds. The van der Waals surface area contributed by atoms with Crippen LogP contribution in [0.15, 0.2) is 23.2 Å². The summed E-state index contributed by atoms with van der Waals surface area (Å²) in [6.07, 6.45) is 0. The first-order chi connectivity index (χ1) is 10.8. The molecule has 0 saturated heterocycles. The fourth-order valence-electron chi connectivity index (χ4n) is 2.55. The lowest BCUT2D eigenvalue weighted by molar-refractivity contribution is 0.0521. The lowest BCUT2D eigenvalue weighted by Gasteiger charge is -2.20. The number of aryl methyl sites for hydroxylation is 1. The number of carbonyl (C=O) groups is 1. The average Bonchev–Trinajstić information content (AvgIpc) is 2.46. The molecule has 0 N–H and O–H groups in total. The highest BCUT2D eigenvalue weighted by molar-refractivity contribution is 7.99. The molecule has 3 nitrogen and oxygen atoms in total. The van der Waals surface area contributed by atoms with Crippen molar-refractivity contribution in [2.45, 2.75) is 52.0 Å². The average molecular weight is 331 g/mol. The minimum Gasteiger partial charge on any atom is -0.462 e. The number of rotatable bonds is 4. The van der Waals surface area contributed by atoms with Gasteiger partial charge in [0.05, 0.1) is 17.7 Å². The highest BCUT2D eigenvalue weighted by Crippen LogP contribution is 2.32. The van der Waals surface area contributed by atoms with Crippen LogP contribution in [0.25, 0.3) is 10.9 Å². The maximum Gasteiger partial charge on any atom is 0.341 e. The van der Waals surface area contributed by atoms with E-state index in [-0.39, 0.29) is 11.4 Å². The normalized spacial score (nSPS) is 11.7. The second-order valence-corrected chi connectivity index (χ2v) is 7.81. The van der Waals surface area contributed by atoms with Crippen molar-refractivity contribution in [1.29, 1.82) is 0 Å². The zero-order valence-corrected chi connectivity index (χ0v) is 15.6. The molecule has 0 spiro atoms. The Labute approximate surface area is 142 Å². The molecule has 124 valence electrons. The molecule has 0 radical (unpaired) electrons. The third-order valence-corrected chi connectivity index (χ3v) is 4.70. The van der Waals surface area contributed by atoms with Gasteiger partial charge in [0.2, 0.25) is 0 Å². The van der Waals surface area contributed by atoms with Gasteiger partial charge in [0.1, 0.15) is 5.03 Å². The van der Waals surface area contributed by atoms with Crippen LogP contribution in [0.3, 0.4) is 0 Å². The summed E-state index contributed by atoms with van der Waals surface area (Å²) in [4.78, 5) is 17.1. The molecule has 2 aromatic rings. The largest absolute Gasteiger partial charge is 0.462 e. The van der Waals surface area contributed by atoms with Crippen LogP contribution in [0, 0.1) is 6.92 Å². The second-order valence-electron chi connectivity index (χ2n) is 6.55. The number of hydrogen-bond acceptors (Lipinski definition) is 4. The highest BCUT2D eigenvalue weighted by Gasteiger charge is 2.21. The first-order valence-corrected chi connectivity index (χ1v) is 9.02. The minimum atomic E-state index is -0.282. The maximum atomic E-state index is 12.4. The maximum absolute atomic E-state index is 12.4. The summed E-state index contributed by atoms with van der Waals surface area (Å²) >= 11 is 1.59. The van der Waals surface area contributed by atoms with Gasteiger partial charge in [0, 0.05) is 5.39 Å². The summed E-state index contributed by atoms with van der Waals surface area (Å²) < 4.78 is 5.23. The molecule has 4 heteroatoms. The molecular formula is C19H25NO2S. The van der Waals surface area contributed by atoms with Crippen LogP contribution in [0.4, 0.5) is 0 Å². The number of aromatic nitrogens is 1. The summed E-state index contributed by atoms with van der Waals surface area (Å²) in [7, 11) is 0. The van der Waals surface area contributed by atoms with Gasteiger partial charge in [-0.15, -0.1) is 11.8 Å². The van der Waals surface area contributed by atoms with E-state index in [1.54, 1.807) is 11.8 Å². The standard InChI is InChI=1S/C19H25NO2S/c1-7-22-18(21)16-12(3)14-10-9-13(19(4,5)6)11-15(14)20-17(16)23-8-2/h9-11H,7-8H2,1-6H3. The van der Waals surface area contributed by atoms with E-state index in [1.807, 2.05) is 13.8 Å². The Bertz CT molecular complexity index is 732. The molecule has 0 aliphatic heterocycles. The fraction of sp³-hybridized carbons (Fsp3) is 0.474. The van der Waals surface area contributed by atoms with Crippen molar-refractivity contribution >= 4 is 28.6 Å². The van der Waals surface area contributed by atoms with Gasteiger partial charge in [-0.1, -0.05) is 39.8 Å². The van der Waals surface area contributed by atoms with E-state index in [4.69, 9.17) is 9.72 Å². The van der Waals surface area contributed by atoms with Gasteiger partial charge in [0.25, 0.3) is 0 Å². The smallest absolute Gasteiger partial charge is 0.341 e. The third-order valence-electron chi connectivity index (χ3n) is 3.84. The summed E-state index contributed by atoms with van der Waals surface area (Å²) in [6.45, 7) is 12.8. The van der Waals surface area contributed by atoms with Gasteiger partial charge in [-0.3, -0.25) is 0 Å². The van der Waals surface area contributed by atoms with Crippen molar-refractivity contribution < 1.29 is 9.53 Å². The Morgan fingerprint density at radius 2 is 1.96 bits per heavy atom. The van der Waals surface area contributed by atoms with Crippen molar-refractivity contribution in [1.82, 2.24) is 4.98 Å². The Balaban J connectivity index is 2.70. The van der Waals surface area contributed by atoms with Crippen LogP contribution >= 0.6 is 11.8 Å². The van der Waals surface area contributed by atoms with Crippen LogP contribution in [0.5, 0.6) is 0 Å². The first kappa shape index (κ1) is 17.8. The van der Waals surface area contributed by atoms with E-state index >= 15 is 0 Å². The van der Waals surface area contributed by atoms with Crippen molar-refractivity contribution in [3.05, 3.63) is 34.9 Å². The van der Waals surface area contributed by atoms with Crippen molar-refractivity contribution in [3.8, 4) is 0 Å². The van der Waals surface area contributed by atoms with E-state index in [1.165, 1.54) is 5.56 Å². The SMILES string of the molecule is CCOC(=O)c1c(SCC)nc2cc(C(C)(C)C)ccc2c1C. The van der Waals surface area contributed by atoms with E-state index < -0.39 is 0 Å². The van der Waals surface area contributed by atoms with Crippen LogP contribution in [0.2, 0.25) is 0 Å². The van der Waals surface area contributed by atoms with E-state index in [0.717, 1.165) is 27.2 Å². The number of nitrogens with zero attached hydrogens (tertiary/aromatic N) is 1. The second kappa shape index (κ2) is 6.91. The van der Waals surface area contributed by atoms with Crippen molar-refractivity contribution in [2.24, 2.45) is 0 Å². The topological polar surface area (TPSA) is 39.2 Å². The molecule has 0 aliphatic carbocycles. The van der Waals surface area contributed by atoms with Gasteiger partial charge < -0.3 is 4.74 Å². The summed E-state index contributed by atoms with van der Waals surface area (Å²) in [5.74, 6) is 0.582. The van der Waals surface area contributed by atoms with Crippen molar-refractivity contribution in [2.75, 3.05) is 12.4 Å². The van der Waals surface area contributed by atoms with Crippen LogP contribution in [-0.2, 0) is 10.2 Å². The molecule has 0 atom stereocenters. The number of carbonyl (C=O) groups excluding carboxylic acids is 1. The molecule has 0 bridgehead atoms. The highest BCUT2D eigenvalue weighted by atomic mass is 32.2. The number of benzene rings is 1. The van der Waals surface area contributed by atoms with Gasteiger partial charge in [0.15, 0.2) is 0 Å². The van der Waals surface area contributed by atoms with E-state index in [2.05, 4.69) is 45.9 Å². The molecule has 1 heterocycles. The van der Waals surface area contributed by atoms with Crippen LogP contribution in [0.1, 0.15) is 56.1 Å². The Kier molecular flexibility index (Phi) is 5.35. The molecule has 2 rings (SSSR count). The fourth-order valence-corrected chi connectivity index (χ4v) is 3.37. The van der Waals surface area contributed by atoms with Gasteiger partial charge in [-0.05, 0) is 42.2 Å². The molecule has 1 aromatic carbocycles. The Hall–Kier alpha value is -1.55. The minimum absolute atomic E-state index is 0.0711. The van der Waals surface area contributed by atoms with Gasteiger partial charge in [-0.2, -0.15) is 0 Å². The summed E-state index contributed by atoms with van der Waals surface area (Å²) in [6, 6.07) is 6.33. The van der Waals surface area contributed by atoms with Gasteiger partial charge >= 0.3 is 5.97 Å². The quantitative estimate of drug-likeness (QED) is 0.575. The van der Waals surface area contributed by atoms with Crippen LogP contribution < -0.4 is 0 Å². The lowest BCUT2D eigenvalue weighted by atomic mass is 9.86. The van der Waals surface area contributed by atoms with E-state index in [0.29, 0.717) is 12.2 Å². The predicted octanol–water partition coefficient (Wildman–Crippen LogP) is 5.13.